The van der Waals surface area contributed by atoms with Gasteiger partial charge in [-0.05, 0) is 30.5 Å². The largest absolute Gasteiger partial charge is 0.291 e. The van der Waals surface area contributed by atoms with Crippen molar-refractivity contribution in [2.45, 2.75) is 25.1 Å². The van der Waals surface area contributed by atoms with Crippen molar-refractivity contribution < 1.29 is 4.92 Å². The molecule has 1 aromatic carbocycles. The third-order valence-corrected chi connectivity index (χ3v) is 5.11. The number of rotatable bonds is 4. The number of nitrogens with zero attached hydrogens (tertiary/aromatic N) is 2. The molecule has 0 aliphatic heterocycles. The number of hydrogen-bond acceptors (Lipinski definition) is 3. The van der Waals surface area contributed by atoms with Gasteiger partial charge in [-0.3, -0.25) is 10.1 Å². The molecule has 0 aliphatic rings. The molecule has 1 atom stereocenters. The molecule has 106 valence electrons. The second-order valence-electron chi connectivity index (χ2n) is 5.00. The highest BCUT2D eigenvalue weighted by atomic mass is 79.9. The summed E-state index contributed by atoms with van der Waals surface area (Å²) < 4.78 is 0.893. The minimum atomic E-state index is -0.358. The van der Waals surface area contributed by atoms with Crippen LogP contribution in [0.5, 0.6) is 0 Å². The Bertz CT molecular complexity index is 659. The summed E-state index contributed by atoms with van der Waals surface area (Å²) in [6, 6.07) is 5.65. The zero-order chi connectivity index (χ0) is 14.9. The van der Waals surface area contributed by atoms with E-state index in [0.717, 1.165) is 20.9 Å². The van der Waals surface area contributed by atoms with E-state index in [0.29, 0.717) is 12.3 Å². The number of halogens is 2. The number of fused-ring (bicyclic) bond motifs is 1. The van der Waals surface area contributed by atoms with Gasteiger partial charge in [-0.25, -0.2) is 4.98 Å². The molecule has 0 saturated carbocycles. The van der Waals surface area contributed by atoms with Crippen molar-refractivity contribution in [3.63, 3.8) is 0 Å². The maximum Gasteiger partial charge on any atom is 0.291 e. The SMILES string of the molecule is CC(C)C(Br)Cc1c([N+](=O)[O-])cnc2ccc(Br)cc12. The van der Waals surface area contributed by atoms with Crippen molar-refractivity contribution in [3.05, 3.63) is 44.5 Å². The number of alkyl halides is 1. The summed E-state index contributed by atoms with van der Waals surface area (Å²) in [5, 5.41) is 12.1. The van der Waals surface area contributed by atoms with Crippen LogP contribution in [0.25, 0.3) is 10.9 Å². The molecule has 6 heteroatoms. The molecule has 0 aliphatic carbocycles. The predicted octanol–water partition coefficient (Wildman–Crippen LogP) is 4.87. The molecule has 0 radical (unpaired) electrons. The van der Waals surface area contributed by atoms with Gasteiger partial charge in [0.15, 0.2) is 0 Å². The van der Waals surface area contributed by atoms with Crippen molar-refractivity contribution >= 4 is 48.5 Å². The van der Waals surface area contributed by atoms with E-state index in [2.05, 4.69) is 50.7 Å². The molecule has 0 saturated heterocycles. The Hall–Kier alpha value is -1.01. The minimum absolute atomic E-state index is 0.0840. The summed E-state index contributed by atoms with van der Waals surface area (Å²) in [7, 11) is 0. The second-order valence-corrected chi connectivity index (χ2v) is 7.10. The van der Waals surface area contributed by atoms with Crippen LogP contribution in [-0.2, 0) is 6.42 Å². The molecule has 0 N–H and O–H groups in total. The first-order valence-electron chi connectivity index (χ1n) is 6.25. The van der Waals surface area contributed by atoms with Gasteiger partial charge in [0.05, 0.1) is 10.4 Å². The highest BCUT2D eigenvalue weighted by Crippen LogP contribution is 2.31. The highest BCUT2D eigenvalue weighted by Gasteiger charge is 2.22. The summed E-state index contributed by atoms with van der Waals surface area (Å²) >= 11 is 7.03. The second kappa shape index (κ2) is 6.18. The van der Waals surface area contributed by atoms with Crippen molar-refractivity contribution in [3.8, 4) is 0 Å². The van der Waals surface area contributed by atoms with Gasteiger partial charge in [0.1, 0.15) is 6.20 Å². The Morgan fingerprint density at radius 2 is 2.10 bits per heavy atom. The normalized spacial score (nSPS) is 12.8. The van der Waals surface area contributed by atoms with Crippen molar-refractivity contribution in [2.24, 2.45) is 5.92 Å². The minimum Gasteiger partial charge on any atom is -0.258 e. The summed E-state index contributed by atoms with van der Waals surface area (Å²) in [5.74, 6) is 0.393. The van der Waals surface area contributed by atoms with E-state index in [9.17, 15) is 10.1 Å². The van der Waals surface area contributed by atoms with Crippen LogP contribution in [0.4, 0.5) is 5.69 Å². The lowest BCUT2D eigenvalue weighted by atomic mass is 9.98. The Balaban J connectivity index is 2.64. The number of aromatic nitrogens is 1. The van der Waals surface area contributed by atoms with Gasteiger partial charge in [-0.1, -0.05) is 45.7 Å². The van der Waals surface area contributed by atoms with Gasteiger partial charge in [0.25, 0.3) is 5.69 Å². The molecule has 2 rings (SSSR count). The first-order chi connectivity index (χ1) is 9.40. The molecule has 20 heavy (non-hydrogen) atoms. The van der Waals surface area contributed by atoms with Crippen LogP contribution in [0.15, 0.2) is 28.9 Å². The Morgan fingerprint density at radius 3 is 2.70 bits per heavy atom. The zero-order valence-electron chi connectivity index (χ0n) is 11.1. The molecule has 0 bridgehead atoms. The lowest BCUT2D eigenvalue weighted by molar-refractivity contribution is -0.385. The first kappa shape index (κ1) is 15.4. The molecule has 1 aromatic heterocycles. The summed E-state index contributed by atoms with van der Waals surface area (Å²) in [5.41, 5.74) is 1.59. The Kier molecular flexibility index (Phi) is 4.75. The van der Waals surface area contributed by atoms with Gasteiger partial charge in [-0.2, -0.15) is 0 Å². The van der Waals surface area contributed by atoms with Gasteiger partial charge in [-0.15, -0.1) is 0 Å². The van der Waals surface area contributed by atoms with Crippen LogP contribution in [0.2, 0.25) is 0 Å². The smallest absolute Gasteiger partial charge is 0.258 e. The molecular formula is C14H14Br2N2O2. The van der Waals surface area contributed by atoms with Crippen LogP contribution < -0.4 is 0 Å². The molecular weight excluding hydrogens is 388 g/mol. The van der Waals surface area contributed by atoms with Crippen LogP contribution in [0.1, 0.15) is 19.4 Å². The molecule has 0 fully saturated rings. The average molecular weight is 402 g/mol. The maximum atomic E-state index is 11.2. The van der Waals surface area contributed by atoms with Gasteiger partial charge in [0.2, 0.25) is 0 Å². The zero-order valence-corrected chi connectivity index (χ0v) is 14.3. The average Bonchev–Trinajstić information content (AvgIpc) is 2.38. The Labute approximate surface area is 134 Å². The summed E-state index contributed by atoms with van der Waals surface area (Å²) in [4.78, 5) is 15.2. The third kappa shape index (κ3) is 3.17. The van der Waals surface area contributed by atoms with Crippen LogP contribution >= 0.6 is 31.9 Å². The predicted molar refractivity (Wildman–Crippen MR) is 87.4 cm³/mol. The van der Waals surface area contributed by atoms with Gasteiger partial charge < -0.3 is 0 Å². The van der Waals surface area contributed by atoms with Crippen LogP contribution in [0, 0.1) is 16.0 Å². The number of pyridine rings is 1. The van der Waals surface area contributed by atoms with Crippen LogP contribution in [0.3, 0.4) is 0 Å². The van der Waals surface area contributed by atoms with E-state index >= 15 is 0 Å². The van der Waals surface area contributed by atoms with E-state index in [1.807, 2.05) is 18.2 Å². The first-order valence-corrected chi connectivity index (χ1v) is 7.96. The highest BCUT2D eigenvalue weighted by molar-refractivity contribution is 9.10. The van der Waals surface area contributed by atoms with Crippen LogP contribution in [-0.4, -0.2) is 14.7 Å². The fourth-order valence-corrected chi connectivity index (χ4v) is 2.70. The monoisotopic (exact) mass is 400 g/mol. The summed E-state index contributed by atoms with van der Waals surface area (Å²) in [6.07, 6.45) is 1.95. The van der Waals surface area contributed by atoms with Gasteiger partial charge >= 0.3 is 0 Å². The fraction of sp³-hybridized carbons (Fsp3) is 0.357. The standard InChI is InChI=1S/C14H14Br2N2O2/c1-8(2)12(16)6-11-10-5-9(15)3-4-13(10)17-7-14(11)18(19)20/h3-5,7-8,12H,6H2,1-2H3. The lowest BCUT2D eigenvalue weighted by Gasteiger charge is -2.15. The van der Waals surface area contributed by atoms with E-state index in [-0.39, 0.29) is 15.4 Å². The number of hydrogen-bond donors (Lipinski definition) is 0. The fourth-order valence-electron chi connectivity index (χ4n) is 2.01. The summed E-state index contributed by atoms with van der Waals surface area (Å²) in [6.45, 7) is 4.18. The lowest BCUT2D eigenvalue weighted by Crippen LogP contribution is -2.12. The quantitative estimate of drug-likeness (QED) is 0.417. The number of benzene rings is 1. The van der Waals surface area contributed by atoms with E-state index in [4.69, 9.17) is 0 Å². The third-order valence-electron chi connectivity index (χ3n) is 3.24. The molecule has 0 spiro atoms. The van der Waals surface area contributed by atoms with Crippen molar-refractivity contribution in [2.75, 3.05) is 0 Å². The molecule has 0 amide bonds. The van der Waals surface area contributed by atoms with Crippen molar-refractivity contribution in [1.29, 1.82) is 0 Å². The van der Waals surface area contributed by atoms with E-state index in [1.54, 1.807) is 0 Å². The Morgan fingerprint density at radius 1 is 1.40 bits per heavy atom. The van der Waals surface area contributed by atoms with Crippen molar-refractivity contribution in [1.82, 2.24) is 4.98 Å². The molecule has 1 heterocycles. The maximum absolute atomic E-state index is 11.2. The molecule has 2 aromatic rings. The van der Waals surface area contributed by atoms with E-state index in [1.165, 1.54) is 6.20 Å². The van der Waals surface area contributed by atoms with Gasteiger partial charge in [0, 0.05) is 20.2 Å². The molecule has 4 nitrogen and oxygen atoms in total. The topological polar surface area (TPSA) is 56.0 Å². The number of nitro groups is 1. The van der Waals surface area contributed by atoms with E-state index < -0.39 is 0 Å². The molecule has 1 unspecified atom stereocenters.